The van der Waals surface area contributed by atoms with E-state index in [0.29, 0.717) is 12.0 Å². The van der Waals surface area contributed by atoms with E-state index < -0.39 is 0 Å². The van der Waals surface area contributed by atoms with Gasteiger partial charge in [0.1, 0.15) is 6.67 Å². The number of halogens is 1. The summed E-state index contributed by atoms with van der Waals surface area (Å²) in [6.07, 6.45) is 3.35. The molecule has 3 heteroatoms. The van der Waals surface area contributed by atoms with Gasteiger partial charge < -0.3 is 10.6 Å². The molecule has 0 amide bonds. The van der Waals surface area contributed by atoms with Crippen LogP contribution in [0.5, 0.6) is 0 Å². The lowest BCUT2D eigenvalue weighted by molar-refractivity contribution is 0.334. The van der Waals surface area contributed by atoms with Crippen molar-refractivity contribution in [2.24, 2.45) is 11.7 Å². The minimum absolute atomic E-state index is 0.337. The maximum absolute atomic E-state index is 12.7. The molecule has 1 aliphatic heterocycles. The minimum atomic E-state index is -0.384. The third-order valence-corrected chi connectivity index (χ3v) is 4.05. The zero-order valence-electron chi connectivity index (χ0n) is 11.1. The number of piperidine rings is 1. The smallest absolute Gasteiger partial charge is 0.115 e. The van der Waals surface area contributed by atoms with E-state index in [1.54, 1.807) is 0 Å². The van der Waals surface area contributed by atoms with E-state index in [1.165, 1.54) is 0 Å². The minimum Gasteiger partial charge on any atom is -0.372 e. The van der Waals surface area contributed by atoms with Crippen molar-refractivity contribution in [2.45, 2.75) is 38.9 Å². The predicted octanol–water partition coefficient (Wildman–Crippen LogP) is 3.11. The summed E-state index contributed by atoms with van der Waals surface area (Å²) >= 11 is 0. The monoisotopic (exact) mass is 250 g/mol. The molecule has 1 unspecified atom stereocenters. The van der Waals surface area contributed by atoms with Crippen molar-refractivity contribution in [3.63, 3.8) is 0 Å². The van der Waals surface area contributed by atoms with Crippen LogP contribution in [0.4, 0.5) is 10.1 Å². The van der Waals surface area contributed by atoms with Crippen LogP contribution in [0.1, 0.15) is 31.7 Å². The topological polar surface area (TPSA) is 29.3 Å². The predicted molar refractivity (Wildman–Crippen MR) is 74.5 cm³/mol. The van der Waals surface area contributed by atoms with Gasteiger partial charge in [0, 0.05) is 24.8 Å². The largest absolute Gasteiger partial charge is 0.372 e. The molecule has 2 N–H and O–H groups in total. The molecule has 0 saturated carbocycles. The van der Waals surface area contributed by atoms with Gasteiger partial charge in [0.25, 0.3) is 0 Å². The molecule has 0 radical (unpaired) electrons. The SMILES string of the molecule is CCC(N)C1CCN(c2cccc(CF)c2)CC1. The maximum atomic E-state index is 12.7. The fraction of sp³-hybridized carbons (Fsp3) is 0.600. The van der Waals surface area contributed by atoms with Crippen LogP contribution in [0.15, 0.2) is 24.3 Å². The lowest BCUT2D eigenvalue weighted by atomic mass is 9.88. The van der Waals surface area contributed by atoms with Gasteiger partial charge in [0.2, 0.25) is 0 Å². The molecule has 1 fully saturated rings. The van der Waals surface area contributed by atoms with Crippen LogP contribution in [0.2, 0.25) is 0 Å². The highest BCUT2D eigenvalue weighted by molar-refractivity contribution is 5.48. The highest BCUT2D eigenvalue weighted by Gasteiger charge is 2.23. The maximum Gasteiger partial charge on any atom is 0.115 e. The molecule has 100 valence electrons. The molecule has 0 bridgehead atoms. The van der Waals surface area contributed by atoms with E-state index in [1.807, 2.05) is 18.2 Å². The van der Waals surface area contributed by atoms with Crippen LogP contribution in [0.3, 0.4) is 0 Å². The van der Waals surface area contributed by atoms with Crippen molar-refractivity contribution in [1.29, 1.82) is 0 Å². The van der Waals surface area contributed by atoms with Gasteiger partial charge >= 0.3 is 0 Å². The van der Waals surface area contributed by atoms with Crippen LogP contribution in [-0.2, 0) is 6.67 Å². The molecule has 0 aromatic heterocycles. The molecule has 0 spiro atoms. The first-order valence-corrected chi connectivity index (χ1v) is 6.90. The number of rotatable bonds is 4. The molecule has 0 aliphatic carbocycles. The summed E-state index contributed by atoms with van der Waals surface area (Å²) in [4.78, 5) is 2.35. The van der Waals surface area contributed by atoms with Gasteiger partial charge in [-0.05, 0) is 42.9 Å². The Kier molecular flexibility index (Phi) is 4.59. The fourth-order valence-electron chi connectivity index (χ4n) is 2.76. The molecular weight excluding hydrogens is 227 g/mol. The molecule has 18 heavy (non-hydrogen) atoms. The van der Waals surface area contributed by atoms with Gasteiger partial charge in [-0.15, -0.1) is 0 Å². The summed E-state index contributed by atoms with van der Waals surface area (Å²) in [5.74, 6) is 0.649. The molecule has 1 heterocycles. The highest BCUT2D eigenvalue weighted by atomic mass is 19.1. The number of hydrogen-bond acceptors (Lipinski definition) is 2. The molecular formula is C15H23FN2. The van der Waals surface area contributed by atoms with Crippen molar-refractivity contribution < 1.29 is 4.39 Å². The summed E-state index contributed by atoms with van der Waals surface area (Å²) in [6, 6.07) is 8.14. The van der Waals surface area contributed by atoms with E-state index in [4.69, 9.17) is 5.73 Å². The average molecular weight is 250 g/mol. The first-order valence-electron chi connectivity index (χ1n) is 6.90. The zero-order chi connectivity index (χ0) is 13.0. The number of alkyl halides is 1. The van der Waals surface area contributed by atoms with E-state index in [2.05, 4.69) is 17.9 Å². The van der Waals surface area contributed by atoms with E-state index in [0.717, 1.165) is 43.6 Å². The lowest BCUT2D eigenvalue weighted by Crippen LogP contribution is -2.40. The Balaban J connectivity index is 1.96. The van der Waals surface area contributed by atoms with Crippen molar-refractivity contribution in [1.82, 2.24) is 0 Å². The van der Waals surface area contributed by atoms with Gasteiger partial charge in [-0.25, -0.2) is 4.39 Å². The number of anilines is 1. The van der Waals surface area contributed by atoms with Gasteiger partial charge in [-0.2, -0.15) is 0 Å². The molecule has 1 atom stereocenters. The van der Waals surface area contributed by atoms with Crippen LogP contribution < -0.4 is 10.6 Å². The summed E-state index contributed by atoms with van der Waals surface area (Å²) in [5, 5.41) is 0. The Labute approximate surface area is 109 Å². The summed E-state index contributed by atoms with van der Waals surface area (Å²) in [6.45, 7) is 3.84. The first kappa shape index (κ1) is 13.3. The van der Waals surface area contributed by atoms with Crippen molar-refractivity contribution in [3.8, 4) is 0 Å². The van der Waals surface area contributed by atoms with E-state index in [9.17, 15) is 4.39 Å². The standard InChI is InChI=1S/C15H23FN2/c1-2-15(17)13-6-8-18(9-7-13)14-5-3-4-12(10-14)11-16/h3-5,10,13,15H,2,6-9,11,17H2,1H3. The van der Waals surface area contributed by atoms with Gasteiger partial charge in [0.15, 0.2) is 0 Å². The van der Waals surface area contributed by atoms with E-state index in [-0.39, 0.29) is 6.67 Å². The van der Waals surface area contributed by atoms with Crippen molar-refractivity contribution in [3.05, 3.63) is 29.8 Å². The quantitative estimate of drug-likeness (QED) is 0.889. The van der Waals surface area contributed by atoms with Crippen LogP contribution in [-0.4, -0.2) is 19.1 Å². The Morgan fingerprint density at radius 1 is 1.39 bits per heavy atom. The Morgan fingerprint density at radius 2 is 2.11 bits per heavy atom. The zero-order valence-corrected chi connectivity index (χ0v) is 11.1. The second-order valence-electron chi connectivity index (χ2n) is 5.20. The first-order chi connectivity index (χ1) is 8.74. The second-order valence-corrected chi connectivity index (χ2v) is 5.20. The van der Waals surface area contributed by atoms with Crippen molar-refractivity contribution >= 4 is 5.69 Å². The number of nitrogens with zero attached hydrogens (tertiary/aromatic N) is 1. The van der Waals surface area contributed by atoms with Crippen LogP contribution in [0.25, 0.3) is 0 Å². The molecule has 2 nitrogen and oxygen atoms in total. The third-order valence-electron chi connectivity index (χ3n) is 4.05. The number of nitrogens with two attached hydrogens (primary N) is 1. The Bertz CT molecular complexity index is 373. The molecule has 1 saturated heterocycles. The third kappa shape index (κ3) is 3.02. The number of benzene rings is 1. The summed E-state index contributed by atoms with van der Waals surface area (Å²) in [7, 11) is 0. The highest BCUT2D eigenvalue weighted by Crippen LogP contribution is 2.26. The summed E-state index contributed by atoms with van der Waals surface area (Å²) < 4.78 is 12.7. The van der Waals surface area contributed by atoms with Gasteiger partial charge in [0.05, 0.1) is 0 Å². The molecule has 1 aliphatic rings. The van der Waals surface area contributed by atoms with E-state index >= 15 is 0 Å². The Morgan fingerprint density at radius 3 is 2.72 bits per heavy atom. The number of hydrogen-bond donors (Lipinski definition) is 1. The summed E-state index contributed by atoms with van der Waals surface area (Å²) in [5.41, 5.74) is 8.02. The Hall–Kier alpha value is -1.09. The van der Waals surface area contributed by atoms with Crippen LogP contribution in [0, 0.1) is 5.92 Å². The average Bonchev–Trinajstić information content (AvgIpc) is 2.46. The lowest BCUT2D eigenvalue weighted by Gasteiger charge is -2.36. The molecule has 2 rings (SSSR count). The van der Waals surface area contributed by atoms with Gasteiger partial charge in [-0.3, -0.25) is 0 Å². The fourth-order valence-corrected chi connectivity index (χ4v) is 2.76. The van der Waals surface area contributed by atoms with Crippen LogP contribution >= 0.6 is 0 Å². The van der Waals surface area contributed by atoms with Gasteiger partial charge in [-0.1, -0.05) is 19.1 Å². The molecule has 1 aromatic rings. The molecule has 1 aromatic carbocycles. The second kappa shape index (κ2) is 6.19. The van der Waals surface area contributed by atoms with Crippen molar-refractivity contribution in [2.75, 3.05) is 18.0 Å². The normalized spacial score (nSPS) is 18.9.